The number of hydrogen-bond acceptors (Lipinski definition) is 3. The predicted molar refractivity (Wildman–Crippen MR) is 85.2 cm³/mol. The average molecular weight is 364 g/mol. The van der Waals surface area contributed by atoms with Crippen molar-refractivity contribution in [2.24, 2.45) is 4.99 Å². The number of benzene rings is 2. The van der Waals surface area contributed by atoms with Gasteiger partial charge in [0.25, 0.3) is 0 Å². The lowest BCUT2D eigenvalue weighted by Crippen LogP contribution is -2.16. The largest absolute Gasteiger partial charge is 0.416 e. The number of nitrogens with one attached hydrogen (secondary N) is 2. The van der Waals surface area contributed by atoms with E-state index in [0.29, 0.717) is 0 Å². The Bertz CT molecular complexity index is 1020. The molecule has 3 aromatic rings. The molecule has 0 aliphatic carbocycles. The molecule has 132 valence electrons. The van der Waals surface area contributed by atoms with Crippen molar-refractivity contribution < 1.29 is 22.0 Å². The van der Waals surface area contributed by atoms with Gasteiger partial charge in [0.05, 0.1) is 34.4 Å². The van der Waals surface area contributed by atoms with Crippen LogP contribution in [0.25, 0.3) is 11.3 Å². The van der Waals surface area contributed by atoms with Gasteiger partial charge in [0.15, 0.2) is 0 Å². The molecular formula is C17H9F5N4. The zero-order valence-corrected chi connectivity index (χ0v) is 12.8. The van der Waals surface area contributed by atoms with E-state index >= 15 is 0 Å². The van der Waals surface area contributed by atoms with Crippen LogP contribution in [0.2, 0.25) is 0 Å². The monoisotopic (exact) mass is 364 g/mol. The number of aliphatic imine (C=N–C) groups is 1. The van der Waals surface area contributed by atoms with Gasteiger partial charge in [-0.05, 0) is 30.3 Å². The van der Waals surface area contributed by atoms with Crippen molar-refractivity contribution in [2.45, 2.75) is 6.18 Å². The van der Waals surface area contributed by atoms with Crippen LogP contribution < -0.4 is 5.32 Å². The molecule has 0 saturated heterocycles. The van der Waals surface area contributed by atoms with Crippen LogP contribution in [0.5, 0.6) is 0 Å². The molecule has 1 aliphatic rings. The molecule has 0 atom stereocenters. The standard InChI is InChI=1S/C17H9F5N4/c18-10-2-1-3-11(19)14(10)16-24-12-5-4-8(17(20,21)22)6-9(12)15-13(25-16)7-23-26-15/h1-7H,(H,23,26)(H,24,25). The molecular weight excluding hydrogens is 355 g/mol. The minimum atomic E-state index is -4.54. The van der Waals surface area contributed by atoms with E-state index in [0.717, 1.165) is 30.3 Å². The average Bonchev–Trinajstić information content (AvgIpc) is 2.96. The second kappa shape index (κ2) is 5.65. The topological polar surface area (TPSA) is 53.1 Å². The molecule has 0 spiro atoms. The molecule has 0 radical (unpaired) electrons. The van der Waals surface area contributed by atoms with E-state index in [-0.39, 0.29) is 28.5 Å². The van der Waals surface area contributed by atoms with E-state index in [1.54, 1.807) is 0 Å². The number of aromatic amines is 1. The highest BCUT2D eigenvalue weighted by atomic mass is 19.4. The van der Waals surface area contributed by atoms with Crippen LogP contribution in [0.4, 0.5) is 33.3 Å². The maximum Gasteiger partial charge on any atom is 0.416 e. The Hall–Kier alpha value is -3.23. The lowest BCUT2D eigenvalue weighted by atomic mass is 10.0. The number of nitrogens with zero attached hydrogens (tertiary/aromatic N) is 2. The van der Waals surface area contributed by atoms with E-state index in [2.05, 4.69) is 20.5 Å². The zero-order chi connectivity index (χ0) is 18.5. The smallest absolute Gasteiger partial charge is 0.336 e. The summed E-state index contributed by atoms with van der Waals surface area (Å²) in [6.07, 6.45) is -3.24. The van der Waals surface area contributed by atoms with Crippen molar-refractivity contribution >= 4 is 17.2 Å². The van der Waals surface area contributed by atoms with Gasteiger partial charge in [-0.3, -0.25) is 5.10 Å². The van der Waals surface area contributed by atoms with Crippen LogP contribution in [0.1, 0.15) is 11.1 Å². The number of rotatable bonds is 1. The maximum absolute atomic E-state index is 14.1. The van der Waals surface area contributed by atoms with Crippen LogP contribution in [-0.2, 0) is 6.18 Å². The van der Waals surface area contributed by atoms with Gasteiger partial charge in [-0.2, -0.15) is 18.3 Å². The lowest BCUT2D eigenvalue weighted by Gasteiger charge is -2.10. The fourth-order valence-electron chi connectivity index (χ4n) is 2.71. The van der Waals surface area contributed by atoms with Crippen molar-refractivity contribution in [1.82, 2.24) is 10.2 Å². The Morgan fingerprint density at radius 1 is 0.962 bits per heavy atom. The lowest BCUT2D eigenvalue weighted by molar-refractivity contribution is -0.137. The molecule has 2 N–H and O–H groups in total. The molecule has 1 aromatic heterocycles. The molecule has 1 aliphatic heterocycles. The Kier molecular flexibility index (Phi) is 3.53. The number of alkyl halides is 3. The molecule has 4 nitrogen and oxygen atoms in total. The quantitative estimate of drug-likeness (QED) is 0.605. The number of fused-ring (bicyclic) bond motifs is 3. The summed E-state index contributed by atoms with van der Waals surface area (Å²) in [5.41, 5.74) is -0.552. The SMILES string of the molecule is Fc1cccc(F)c1C1=Nc2ccc(C(F)(F)F)cc2-c2[nH]ncc2N1. The summed E-state index contributed by atoms with van der Waals surface area (Å²) in [5.74, 6) is -1.87. The van der Waals surface area contributed by atoms with Crippen LogP contribution in [0.3, 0.4) is 0 Å². The van der Waals surface area contributed by atoms with Gasteiger partial charge < -0.3 is 5.32 Å². The molecule has 0 fully saturated rings. The predicted octanol–water partition coefficient (Wildman–Crippen LogP) is 4.88. The fourth-order valence-corrected chi connectivity index (χ4v) is 2.71. The number of hydrogen-bond donors (Lipinski definition) is 2. The van der Waals surface area contributed by atoms with E-state index in [9.17, 15) is 22.0 Å². The number of amidine groups is 1. The van der Waals surface area contributed by atoms with Crippen LogP contribution in [0, 0.1) is 11.6 Å². The molecule has 2 aromatic carbocycles. The molecule has 0 unspecified atom stereocenters. The summed E-state index contributed by atoms with van der Waals surface area (Å²) in [5, 5.41) is 9.13. The first-order chi connectivity index (χ1) is 12.3. The zero-order valence-electron chi connectivity index (χ0n) is 12.8. The van der Waals surface area contributed by atoms with Crippen LogP contribution in [0.15, 0.2) is 47.6 Å². The van der Waals surface area contributed by atoms with Gasteiger partial charge in [0.2, 0.25) is 0 Å². The summed E-state index contributed by atoms with van der Waals surface area (Å²) < 4.78 is 67.4. The first-order valence-electron chi connectivity index (χ1n) is 7.39. The maximum atomic E-state index is 14.1. The van der Waals surface area contributed by atoms with E-state index in [1.165, 1.54) is 12.3 Å². The molecule has 0 saturated carbocycles. The summed E-state index contributed by atoms with van der Waals surface area (Å²) in [6.45, 7) is 0. The molecule has 4 rings (SSSR count). The second-order valence-electron chi connectivity index (χ2n) is 5.57. The van der Waals surface area contributed by atoms with Gasteiger partial charge in [-0.1, -0.05) is 6.07 Å². The van der Waals surface area contributed by atoms with Gasteiger partial charge in [0.1, 0.15) is 17.5 Å². The minimum Gasteiger partial charge on any atom is -0.336 e. The van der Waals surface area contributed by atoms with Crippen molar-refractivity contribution in [3.05, 3.63) is 65.4 Å². The molecule has 0 bridgehead atoms. The highest BCUT2D eigenvalue weighted by Crippen LogP contribution is 2.41. The number of H-pyrrole nitrogens is 1. The van der Waals surface area contributed by atoms with Crippen molar-refractivity contribution in [3.63, 3.8) is 0 Å². The highest BCUT2D eigenvalue weighted by Gasteiger charge is 2.32. The van der Waals surface area contributed by atoms with Crippen molar-refractivity contribution in [1.29, 1.82) is 0 Å². The second-order valence-corrected chi connectivity index (χ2v) is 5.57. The normalized spacial score (nSPS) is 13.3. The summed E-state index contributed by atoms with van der Waals surface area (Å²) >= 11 is 0. The number of aromatic nitrogens is 2. The summed E-state index contributed by atoms with van der Waals surface area (Å²) in [4.78, 5) is 4.15. The first kappa shape index (κ1) is 16.2. The van der Waals surface area contributed by atoms with E-state index in [4.69, 9.17) is 0 Å². The van der Waals surface area contributed by atoms with E-state index < -0.39 is 28.9 Å². The molecule has 0 amide bonds. The van der Waals surface area contributed by atoms with Gasteiger partial charge in [0, 0.05) is 5.56 Å². The Labute approximate surface area is 143 Å². The van der Waals surface area contributed by atoms with Crippen molar-refractivity contribution in [3.8, 4) is 11.3 Å². The Morgan fingerprint density at radius 3 is 2.38 bits per heavy atom. The number of anilines is 1. The summed E-state index contributed by atoms with van der Waals surface area (Å²) in [6, 6.07) is 6.26. The van der Waals surface area contributed by atoms with Gasteiger partial charge >= 0.3 is 6.18 Å². The Morgan fingerprint density at radius 2 is 1.69 bits per heavy atom. The first-order valence-corrected chi connectivity index (χ1v) is 7.39. The highest BCUT2D eigenvalue weighted by molar-refractivity contribution is 6.13. The fraction of sp³-hybridized carbons (Fsp3) is 0.0588. The van der Waals surface area contributed by atoms with E-state index in [1.807, 2.05) is 0 Å². The number of halogens is 5. The van der Waals surface area contributed by atoms with Crippen molar-refractivity contribution in [2.75, 3.05) is 5.32 Å². The van der Waals surface area contributed by atoms with Crippen LogP contribution in [-0.4, -0.2) is 16.0 Å². The third-order valence-electron chi connectivity index (χ3n) is 3.92. The molecule has 26 heavy (non-hydrogen) atoms. The third kappa shape index (κ3) is 2.61. The Balaban J connectivity index is 1.96. The summed E-state index contributed by atoms with van der Waals surface area (Å²) in [7, 11) is 0. The minimum absolute atomic E-state index is 0.117. The third-order valence-corrected chi connectivity index (χ3v) is 3.92. The van der Waals surface area contributed by atoms with Gasteiger partial charge in [-0.25, -0.2) is 13.8 Å². The van der Waals surface area contributed by atoms with Crippen LogP contribution >= 0.6 is 0 Å². The molecule has 2 heterocycles. The molecule has 9 heteroatoms. The van der Waals surface area contributed by atoms with Gasteiger partial charge in [-0.15, -0.1) is 0 Å².